The highest BCUT2D eigenvalue weighted by Crippen LogP contribution is 2.32. The van der Waals surface area contributed by atoms with Crippen molar-refractivity contribution in [2.75, 3.05) is 23.8 Å². The lowest BCUT2D eigenvalue weighted by molar-refractivity contribution is 0.0713. The molecule has 0 saturated carbocycles. The van der Waals surface area contributed by atoms with Gasteiger partial charge in [0.05, 0.1) is 11.9 Å². The Kier molecular flexibility index (Phi) is 5.07. The lowest BCUT2D eigenvalue weighted by Crippen LogP contribution is -2.55. The van der Waals surface area contributed by atoms with Gasteiger partial charge in [-0.1, -0.05) is 12.1 Å². The Labute approximate surface area is 164 Å². The lowest BCUT2D eigenvalue weighted by atomic mass is 10.1. The molecule has 28 heavy (non-hydrogen) atoms. The highest BCUT2D eigenvalue weighted by atomic mass is 19.1. The van der Waals surface area contributed by atoms with Crippen LogP contribution in [0.3, 0.4) is 0 Å². The first-order valence-corrected chi connectivity index (χ1v) is 9.78. The van der Waals surface area contributed by atoms with Crippen LogP contribution in [0.25, 0.3) is 0 Å². The number of ether oxygens (including phenoxy) is 1. The van der Waals surface area contributed by atoms with E-state index < -0.39 is 5.79 Å². The van der Waals surface area contributed by atoms with Gasteiger partial charge in [-0.05, 0) is 45.7 Å². The Bertz CT molecular complexity index is 874. The van der Waals surface area contributed by atoms with Crippen LogP contribution in [0.5, 0.6) is 0 Å². The molecule has 1 atom stereocenters. The maximum absolute atomic E-state index is 14.1. The first kappa shape index (κ1) is 18.9. The van der Waals surface area contributed by atoms with Gasteiger partial charge in [0, 0.05) is 25.3 Å². The normalized spacial score (nSPS) is 22.2. The van der Waals surface area contributed by atoms with Crippen molar-refractivity contribution in [1.29, 1.82) is 0 Å². The average Bonchev–Trinajstić information content (AvgIpc) is 3.01. The van der Waals surface area contributed by atoms with Crippen LogP contribution >= 0.6 is 0 Å². The highest BCUT2D eigenvalue weighted by molar-refractivity contribution is 5.88. The van der Waals surface area contributed by atoms with E-state index in [9.17, 15) is 4.39 Å². The third kappa shape index (κ3) is 3.74. The number of hydrogen-bond donors (Lipinski definition) is 3. The van der Waals surface area contributed by atoms with E-state index in [1.807, 2.05) is 11.5 Å². The molecule has 1 fully saturated rings. The Hall–Kier alpha value is -2.45. The lowest BCUT2D eigenvalue weighted by Gasteiger charge is -2.37. The van der Waals surface area contributed by atoms with Gasteiger partial charge < -0.3 is 15.4 Å². The molecule has 1 unspecified atom stereocenters. The summed E-state index contributed by atoms with van der Waals surface area (Å²) in [5.74, 6) is 0.508. The van der Waals surface area contributed by atoms with Gasteiger partial charge in [-0.2, -0.15) is 0 Å². The van der Waals surface area contributed by atoms with Crippen molar-refractivity contribution in [2.45, 2.75) is 51.5 Å². The summed E-state index contributed by atoms with van der Waals surface area (Å²) < 4.78 is 21.6. The van der Waals surface area contributed by atoms with Gasteiger partial charge in [-0.3, -0.25) is 9.88 Å². The smallest absolute Gasteiger partial charge is 0.209 e. The topological polar surface area (TPSA) is 75.5 Å². The largest absolute Gasteiger partial charge is 0.381 e. The molecular formula is C20H27FN6O. The van der Waals surface area contributed by atoms with Crippen molar-refractivity contribution >= 4 is 23.7 Å². The minimum absolute atomic E-state index is 0.122. The number of para-hydroxylation sites is 1. The van der Waals surface area contributed by atoms with Crippen molar-refractivity contribution in [2.24, 2.45) is 4.99 Å². The van der Waals surface area contributed by atoms with E-state index in [-0.39, 0.29) is 11.9 Å². The molecule has 2 aliphatic rings. The molecule has 150 valence electrons. The average molecular weight is 386 g/mol. The van der Waals surface area contributed by atoms with Crippen molar-refractivity contribution in [3.05, 3.63) is 35.8 Å². The summed E-state index contributed by atoms with van der Waals surface area (Å²) in [5, 5.41) is 10.2. The summed E-state index contributed by atoms with van der Waals surface area (Å²) in [5.41, 5.74) is 1.13. The molecule has 0 amide bonds. The van der Waals surface area contributed by atoms with Gasteiger partial charge >= 0.3 is 0 Å². The molecule has 1 aromatic heterocycles. The van der Waals surface area contributed by atoms with Crippen LogP contribution in [-0.4, -0.2) is 40.8 Å². The molecule has 1 saturated heterocycles. The minimum Gasteiger partial charge on any atom is -0.381 e. The molecule has 3 N–H and O–H groups in total. The predicted molar refractivity (Wildman–Crippen MR) is 109 cm³/mol. The summed E-state index contributed by atoms with van der Waals surface area (Å²) in [6.07, 6.45) is 3.70. The molecule has 1 aromatic carbocycles. The predicted octanol–water partition coefficient (Wildman–Crippen LogP) is 3.63. The Morgan fingerprint density at radius 3 is 2.75 bits per heavy atom. The third-order valence-corrected chi connectivity index (χ3v) is 5.09. The third-order valence-electron chi connectivity index (χ3n) is 5.09. The number of rotatable bonds is 5. The standard InChI is InChI=1S/C20H27FN6O/c1-13(2)27-18-17(24-19(27)23-16-7-5-4-6-15(16)21)12-22-20(3,26-18)25-14-8-10-28-11-9-14/h4-7,12-14,25-26H,8-11H2,1-3H3,(H,23,24). The summed E-state index contributed by atoms with van der Waals surface area (Å²) >= 11 is 0. The van der Waals surface area contributed by atoms with Crippen LogP contribution in [0.15, 0.2) is 29.3 Å². The van der Waals surface area contributed by atoms with Crippen LogP contribution in [0.4, 0.5) is 21.8 Å². The first-order valence-electron chi connectivity index (χ1n) is 9.78. The maximum atomic E-state index is 14.1. The second-order valence-electron chi connectivity index (χ2n) is 7.72. The van der Waals surface area contributed by atoms with Gasteiger partial charge in [0.2, 0.25) is 5.95 Å². The zero-order chi connectivity index (χ0) is 19.7. The Balaban J connectivity index is 1.61. The molecular weight excluding hydrogens is 359 g/mol. The maximum Gasteiger partial charge on any atom is 0.209 e. The number of nitrogens with one attached hydrogen (secondary N) is 3. The summed E-state index contributed by atoms with van der Waals surface area (Å²) in [6.45, 7) is 7.70. The van der Waals surface area contributed by atoms with Crippen LogP contribution in [0.1, 0.15) is 45.3 Å². The second-order valence-corrected chi connectivity index (χ2v) is 7.72. The zero-order valence-corrected chi connectivity index (χ0v) is 16.5. The quantitative estimate of drug-likeness (QED) is 0.732. The number of nitrogens with zero attached hydrogens (tertiary/aromatic N) is 3. The number of hydrogen-bond acceptors (Lipinski definition) is 6. The van der Waals surface area contributed by atoms with E-state index >= 15 is 0 Å². The fourth-order valence-corrected chi connectivity index (χ4v) is 3.70. The van der Waals surface area contributed by atoms with Crippen LogP contribution in [-0.2, 0) is 4.74 Å². The monoisotopic (exact) mass is 386 g/mol. The van der Waals surface area contributed by atoms with Gasteiger partial charge in [0.1, 0.15) is 17.3 Å². The van der Waals surface area contributed by atoms with Crippen LogP contribution < -0.4 is 16.0 Å². The number of benzene rings is 1. The molecule has 0 aliphatic carbocycles. The number of imidazole rings is 1. The van der Waals surface area contributed by atoms with Crippen molar-refractivity contribution in [3.63, 3.8) is 0 Å². The summed E-state index contributed by atoms with van der Waals surface area (Å²) in [4.78, 5) is 9.32. The van der Waals surface area contributed by atoms with Gasteiger partial charge in [-0.15, -0.1) is 0 Å². The minimum atomic E-state index is -0.628. The van der Waals surface area contributed by atoms with E-state index in [0.29, 0.717) is 17.7 Å². The van der Waals surface area contributed by atoms with Crippen molar-refractivity contribution < 1.29 is 9.13 Å². The van der Waals surface area contributed by atoms with E-state index in [1.165, 1.54) is 6.07 Å². The highest BCUT2D eigenvalue weighted by Gasteiger charge is 2.33. The van der Waals surface area contributed by atoms with E-state index in [4.69, 9.17) is 4.74 Å². The van der Waals surface area contributed by atoms with Gasteiger partial charge in [-0.25, -0.2) is 14.4 Å². The van der Waals surface area contributed by atoms with Crippen molar-refractivity contribution in [3.8, 4) is 0 Å². The fourth-order valence-electron chi connectivity index (χ4n) is 3.70. The number of aliphatic imine (C=N–C) groups is 1. The fraction of sp³-hybridized carbons (Fsp3) is 0.500. The van der Waals surface area contributed by atoms with E-state index in [2.05, 4.69) is 39.8 Å². The number of aromatic nitrogens is 2. The van der Waals surface area contributed by atoms with E-state index in [0.717, 1.165) is 37.6 Å². The van der Waals surface area contributed by atoms with Crippen LogP contribution in [0.2, 0.25) is 0 Å². The molecule has 0 bridgehead atoms. The zero-order valence-electron chi connectivity index (χ0n) is 16.5. The Morgan fingerprint density at radius 1 is 1.29 bits per heavy atom. The second kappa shape index (κ2) is 7.52. The molecule has 2 aromatic rings. The first-order chi connectivity index (χ1) is 13.5. The SMILES string of the molecule is CC(C)n1c(Nc2ccccc2F)nc2c1NC(C)(NC1CCOCC1)N=C2. The molecule has 8 heteroatoms. The molecule has 0 radical (unpaired) electrons. The number of anilines is 3. The van der Waals surface area contributed by atoms with Crippen LogP contribution in [0, 0.1) is 5.82 Å². The molecule has 2 aliphatic heterocycles. The molecule has 0 spiro atoms. The van der Waals surface area contributed by atoms with Crippen molar-refractivity contribution in [1.82, 2.24) is 14.9 Å². The molecule has 4 rings (SSSR count). The number of halogens is 1. The van der Waals surface area contributed by atoms with Gasteiger partial charge in [0.25, 0.3) is 0 Å². The summed E-state index contributed by atoms with van der Waals surface area (Å²) in [7, 11) is 0. The molecule has 7 nitrogen and oxygen atoms in total. The summed E-state index contributed by atoms with van der Waals surface area (Å²) in [6, 6.07) is 7.06. The number of fused-ring (bicyclic) bond motifs is 1. The van der Waals surface area contributed by atoms with Gasteiger partial charge in [0.15, 0.2) is 5.79 Å². The van der Waals surface area contributed by atoms with E-state index in [1.54, 1.807) is 24.4 Å². The Morgan fingerprint density at radius 2 is 2.04 bits per heavy atom. The molecule has 3 heterocycles.